The highest BCUT2D eigenvalue weighted by Crippen LogP contribution is 2.34. The minimum absolute atomic E-state index is 0.0110. The van der Waals surface area contributed by atoms with Crippen LogP contribution in [0.1, 0.15) is 33.3 Å². The molecule has 3 aromatic rings. The van der Waals surface area contributed by atoms with Crippen LogP contribution in [0, 0.1) is 0 Å². The molecule has 1 aromatic heterocycles. The van der Waals surface area contributed by atoms with Crippen LogP contribution in [0.3, 0.4) is 0 Å². The Morgan fingerprint density at radius 1 is 1.08 bits per heavy atom. The number of hydrogen-bond donors (Lipinski definition) is 2. The molecule has 24 heavy (non-hydrogen) atoms. The number of fused-ring (bicyclic) bond motifs is 3. The second kappa shape index (κ2) is 5.95. The fourth-order valence-corrected chi connectivity index (χ4v) is 3.20. The van der Waals surface area contributed by atoms with Gasteiger partial charge in [0.05, 0.1) is 6.54 Å². The van der Waals surface area contributed by atoms with Crippen molar-refractivity contribution in [1.82, 2.24) is 4.57 Å². The molecular formula is C20H25N3O. The van der Waals surface area contributed by atoms with E-state index in [4.69, 9.17) is 5.73 Å². The molecule has 0 aliphatic rings. The lowest BCUT2D eigenvalue weighted by molar-refractivity contribution is -0.114. The Morgan fingerprint density at radius 2 is 1.71 bits per heavy atom. The van der Waals surface area contributed by atoms with Gasteiger partial charge < -0.3 is 15.6 Å². The van der Waals surface area contributed by atoms with Gasteiger partial charge in [0.15, 0.2) is 0 Å². The Bertz CT molecular complexity index is 916. The number of carbonyl (C=O) groups excluding carboxylic acids is 1. The summed E-state index contributed by atoms with van der Waals surface area (Å²) in [5.41, 5.74) is 10.0. The van der Waals surface area contributed by atoms with Crippen LogP contribution in [0.4, 0.5) is 5.69 Å². The molecule has 126 valence electrons. The summed E-state index contributed by atoms with van der Waals surface area (Å²) in [5, 5.41) is 5.23. The fraction of sp³-hybridized carbons (Fsp3) is 0.350. The van der Waals surface area contributed by atoms with Gasteiger partial charge in [-0.25, -0.2) is 0 Å². The number of aromatic nitrogens is 1. The summed E-state index contributed by atoms with van der Waals surface area (Å²) in [5.74, 6) is -0.177. The maximum absolute atomic E-state index is 11.6. The average molecular weight is 323 g/mol. The fourth-order valence-electron chi connectivity index (χ4n) is 3.20. The predicted molar refractivity (Wildman–Crippen MR) is 102 cm³/mol. The van der Waals surface area contributed by atoms with E-state index in [1.165, 1.54) is 22.0 Å². The van der Waals surface area contributed by atoms with Crippen LogP contribution >= 0.6 is 0 Å². The molecule has 4 nitrogen and oxygen atoms in total. The Hall–Kier alpha value is -2.33. The summed E-state index contributed by atoms with van der Waals surface area (Å²) in [7, 11) is 0. The van der Waals surface area contributed by atoms with Crippen molar-refractivity contribution in [2.24, 2.45) is 5.73 Å². The zero-order chi connectivity index (χ0) is 17.5. The molecule has 0 saturated heterocycles. The summed E-state index contributed by atoms with van der Waals surface area (Å²) < 4.78 is 2.31. The van der Waals surface area contributed by atoms with Crippen LogP contribution in [0.5, 0.6) is 0 Å². The van der Waals surface area contributed by atoms with Gasteiger partial charge in [-0.1, -0.05) is 26.8 Å². The molecule has 0 radical (unpaired) electrons. The summed E-state index contributed by atoms with van der Waals surface area (Å²) >= 11 is 0. The molecule has 0 fully saturated rings. The lowest BCUT2D eigenvalue weighted by Crippen LogP contribution is -2.21. The van der Waals surface area contributed by atoms with Crippen molar-refractivity contribution in [3.8, 4) is 0 Å². The molecular weight excluding hydrogens is 298 g/mol. The van der Waals surface area contributed by atoms with Crippen molar-refractivity contribution in [1.29, 1.82) is 0 Å². The van der Waals surface area contributed by atoms with E-state index in [9.17, 15) is 4.79 Å². The van der Waals surface area contributed by atoms with Gasteiger partial charge in [-0.2, -0.15) is 0 Å². The number of nitrogens with one attached hydrogen (secondary N) is 1. The van der Waals surface area contributed by atoms with E-state index in [0.29, 0.717) is 0 Å². The van der Waals surface area contributed by atoms with E-state index in [1.54, 1.807) is 0 Å². The number of benzene rings is 2. The Balaban J connectivity index is 2.26. The average Bonchev–Trinajstić information content (AvgIpc) is 2.86. The normalized spacial score (nSPS) is 12.0. The first kappa shape index (κ1) is 16.5. The Kier molecular flexibility index (Phi) is 4.10. The van der Waals surface area contributed by atoms with E-state index in [2.05, 4.69) is 61.8 Å². The van der Waals surface area contributed by atoms with Crippen molar-refractivity contribution in [3.05, 3.63) is 42.0 Å². The topological polar surface area (TPSA) is 60.0 Å². The molecule has 0 atom stereocenters. The third kappa shape index (κ3) is 2.78. The second-order valence-corrected chi connectivity index (χ2v) is 7.21. The van der Waals surface area contributed by atoms with Crippen LogP contribution in [-0.4, -0.2) is 17.0 Å². The minimum Gasteiger partial charge on any atom is -0.341 e. The first-order valence-electron chi connectivity index (χ1n) is 8.41. The number of amides is 1. The molecule has 3 N–H and O–H groups in total. The van der Waals surface area contributed by atoms with E-state index in [-0.39, 0.29) is 17.9 Å². The van der Waals surface area contributed by atoms with E-state index < -0.39 is 0 Å². The maximum Gasteiger partial charge on any atom is 0.238 e. The quantitative estimate of drug-likeness (QED) is 0.765. The highest BCUT2D eigenvalue weighted by Gasteiger charge is 2.17. The van der Waals surface area contributed by atoms with Crippen molar-refractivity contribution >= 4 is 33.4 Å². The number of rotatable bonds is 3. The predicted octanol–water partition coefficient (Wildman–Crippen LogP) is 4.01. The molecule has 1 heterocycles. The van der Waals surface area contributed by atoms with Crippen LogP contribution in [0.2, 0.25) is 0 Å². The van der Waals surface area contributed by atoms with Gasteiger partial charge in [-0.3, -0.25) is 4.79 Å². The highest BCUT2D eigenvalue weighted by molar-refractivity contribution is 6.10. The zero-order valence-corrected chi connectivity index (χ0v) is 14.8. The maximum atomic E-state index is 11.6. The Labute approximate surface area is 142 Å². The van der Waals surface area contributed by atoms with Crippen molar-refractivity contribution in [2.45, 2.75) is 39.7 Å². The monoisotopic (exact) mass is 323 g/mol. The molecule has 0 aliphatic heterocycles. The van der Waals surface area contributed by atoms with Gasteiger partial charge in [0, 0.05) is 34.0 Å². The summed E-state index contributed by atoms with van der Waals surface area (Å²) in [4.78, 5) is 11.6. The highest BCUT2D eigenvalue weighted by atomic mass is 16.1. The van der Waals surface area contributed by atoms with Crippen LogP contribution in [-0.2, 0) is 16.8 Å². The number of carbonyl (C=O) groups is 1. The number of nitrogens with zero attached hydrogens (tertiary/aromatic N) is 1. The van der Waals surface area contributed by atoms with Crippen LogP contribution in [0.15, 0.2) is 36.4 Å². The number of nitrogens with two attached hydrogens (primary N) is 1. The van der Waals surface area contributed by atoms with Crippen molar-refractivity contribution < 1.29 is 4.79 Å². The molecule has 0 bridgehead atoms. The molecule has 0 saturated carbocycles. The van der Waals surface area contributed by atoms with Gasteiger partial charge in [0.1, 0.15) is 0 Å². The number of anilines is 1. The lowest BCUT2D eigenvalue weighted by Gasteiger charge is -2.19. The number of hydrogen-bond acceptors (Lipinski definition) is 2. The molecule has 4 heteroatoms. The summed E-state index contributed by atoms with van der Waals surface area (Å²) in [6, 6.07) is 12.7. The van der Waals surface area contributed by atoms with E-state index >= 15 is 0 Å². The van der Waals surface area contributed by atoms with Crippen LogP contribution in [0.25, 0.3) is 21.8 Å². The van der Waals surface area contributed by atoms with Gasteiger partial charge >= 0.3 is 0 Å². The van der Waals surface area contributed by atoms with Gasteiger partial charge in [-0.05, 0) is 48.2 Å². The summed E-state index contributed by atoms with van der Waals surface area (Å²) in [6.45, 7) is 9.72. The molecule has 0 unspecified atom stereocenters. The third-order valence-corrected chi connectivity index (χ3v) is 4.52. The Morgan fingerprint density at radius 3 is 2.29 bits per heavy atom. The largest absolute Gasteiger partial charge is 0.341 e. The van der Waals surface area contributed by atoms with Crippen molar-refractivity contribution in [3.63, 3.8) is 0 Å². The number of aryl methyl sites for hydroxylation is 1. The van der Waals surface area contributed by atoms with E-state index in [1.807, 2.05) is 12.1 Å². The van der Waals surface area contributed by atoms with Crippen LogP contribution < -0.4 is 11.1 Å². The standard InChI is InChI=1S/C20H25N3O/c1-5-23-17-8-6-13(20(2,3)4)10-15(17)16-11-14(7-9-18(16)23)22-19(24)12-21/h6-11H,5,12,21H2,1-4H3,(H,22,24). The molecule has 3 rings (SSSR count). The lowest BCUT2D eigenvalue weighted by atomic mass is 9.86. The SMILES string of the molecule is CCn1c2ccc(NC(=O)CN)cc2c2cc(C(C)(C)C)ccc21. The first-order valence-corrected chi connectivity index (χ1v) is 8.41. The zero-order valence-electron chi connectivity index (χ0n) is 14.8. The third-order valence-electron chi connectivity index (χ3n) is 4.52. The minimum atomic E-state index is -0.177. The summed E-state index contributed by atoms with van der Waals surface area (Å²) in [6.07, 6.45) is 0. The second-order valence-electron chi connectivity index (χ2n) is 7.21. The van der Waals surface area contributed by atoms with Gasteiger partial charge in [0.2, 0.25) is 5.91 Å². The van der Waals surface area contributed by atoms with Gasteiger partial charge in [-0.15, -0.1) is 0 Å². The molecule has 2 aromatic carbocycles. The van der Waals surface area contributed by atoms with Crippen molar-refractivity contribution in [2.75, 3.05) is 11.9 Å². The van der Waals surface area contributed by atoms with Gasteiger partial charge in [0.25, 0.3) is 0 Å². The molecule has 0 spiro atoms. The smallest absolute Gasteiger partial charge is 0.238 e. The molecule has 0 aliphatic carbocycles. The first-order chi connectivity index (χ1) is 11.3. The molecule has 1 amide bonds. The van der Waals surface area contributed by atoms with E-state index in [0.717, 1.165) is 17.6 Å².